The third-order valence-corrected chi connectivity index (χ3v) is 4.92. The minimum Gasteiger partial charge on any atom is -0.497 e. The van der Waals surface area contributed by atoms with Crippen molar-refractivity contribution in [3.05, 3.63) is 48.3 Å². The summed E-state index contributed by atoms with van der Waals surface area (Å²) in [4.78, 5) is 20.1. The highest BCUT2D eigenvalue weighted by atomic mass is 16.5. The fourth-order valence-corrected chi connectivity index (χ4v) is 3.44. The Morgan fingerprint density at radius 1 is 1.07 bits per heavy atom. The number of primary amides is 1. The Balaban J connectivity index is 1.43. The molecule has 8 heteroatoms. The van der Waals surface area contributed by atoms with Crippen LogP contribution < -0.4 is 16.2 Å². The highest BCUT2D eigenvalue weighted by Gasteiger charge is 2.11. The van der Waals surface area contributed by atoms with Crippen molar-refractivity contribution >= 4 is 33.9 Å². The Hall–Kier alpha value is -3.55. The summed E-state index contributed by atoms with van der Waals surface area (Å²) < 4.78 is 9.35. The van der Waals surface area contributed by atoms with E-state index in [0.29, 0.717) is 17.0 Å². The third-order valence-electron chi connectivity index (χ3n) is 4.92. The van der Waals surface area contributed by atoms with Crippen LogP contribution in [0.3, 0.4) is 0 Å². The first kappa shape index (κ1) is 17.8. The van der Waals surface area contributed by atoms with Crippen molar-refractivity contribution in [3.63, 3.8) is 0 Å². The number of hydrogen-bond acceptors (Lipinski definition) is 5. The van der Waals surface area contributed by atoms with E-state index in [0.717, 1.165) is 48.2 Å². The second kappa shape index (κ2) is 7.22. The smallest absolute Gasteiger partial charge is 0.248 e. The number of nitrogens with two attached hydrogens (primary N) is 2. The first-order valence-corrected chi connectivity index (χ1v) is 9.11. The SMILES string of the molecule is COc1ccc2c(c1)ncn2CCCCn1c(N)nc2cc(C(N)=O)ccc21. The number of methoxy groups -OCH3 is 1. The largest absolute Gasteiger partial charge is 0.497 e. The van der Waals surface area contributed by atoms with Crippen molar-refractivity contribution in [1.82, 2.24) is 19.1 Å². The molecule has 8 nitrogen and oxygen atoms in total. The lowest BCUT2D eigenvalue weighted by molar-refractivity contribution is 0.100. The first-order chi connectivity index (χ1) is 13.6. The number of nitrogen functional groups attached to an aromatic ring is 1. The summed E-state index contributed by atoms with van der Waals surface area (Å²) in [6.07, 6.45) is 3.76. The van der Waals surface area contributed by atoms with Crippen molar-refractivity contribution in [3.8, 4) is 5.75 Å². The van der Waals surface area contributed by atoms with E-state index in [1.807, 2.05) is 35.2 Å². The molecule has 0 aliphatic carbocycles. The van der Waals surface area contributed by atoms with Crippen LogP contribution in [0.1, 0.15) is 23.2 Å². The quantitative estimate of drug-likeness (QED) is 0.480. The molecule has 0 radical (unpaired) electrons. The molecule has 28 heavy (non-hydrogen) atoms. The van der Waals surface area contributed by atoms with Crippen LogP contribution in [0.4, 0.5) is 5.95 Å². The van der Waals surface area contributed by atoms with E-state index >= 15 is 0 Å². The topological polar surface area (TPSA) is 114 Å². The van der Waals surface area contributed by atoms with Crippen LogP contribution in [-0.2, 0) is 13.1 Å². The van der Waals surface area contributed by atoms with Crippen LogP contribution in [0.25, 0.3) is 22.1 Å². The van der Waals surface area contributed by atoms with E-state index in [1.165, 1.54) is 0 Å². The number of imidazole rings is 2. The summed E-state index contributed by atoms with van der Waals surface area (Å²) in [6, 6.07) is 11.1. The van der Waals surface area contributed by atoms with Gasteiger partial charge in [0.05, 0.1) is 35.5 Å². The predicted molar refractivity (Wildman–Crippen MR) is 108 cm³/mol. The molecule has 1 amide bonds. The summed E-state index contributed by atoms with van der Waals surface area (Å²) in [5, 5.41) is 0. The fraction of sp³-hybridized carbons (Fsp3) is 0.250. The molecule has 4 N–H and O–H groups in total. The monoisotopic (exact) mass is 378 g/mol. The van der Waals surface area contributed by atoms with Gasteiger partial charge in [-0.15, -0.1) is 0 Å². The van der Waals surface area contributed by atoms with Crippen molar-refractivity contribution in [2.75, 3.05) is 12.8 Å². The molecule has 0 aliphatic rings. The number of carbonyl (C=O) groups excluding carboxylic acids is 1. The molecule has 2 aromatic heterocycles. The number of anilines is 1. The van der Waals surface area contributed by atoms with Gasteiger partial charge in [-0.1, -0.05) is 0 Å². The minimum atomic E-state index is -0.472. The number of amides is 1. The van der Waals surface area contributed by atoms with Crippen LogP contribution in [0.15, 0.2) is 42.7 Å². The van der Waals surface area contributed by atoms with Crippen molar-refractivity contribution in [1.29, 1.82) is 0 Å². The van der Waals surface area contributed by atoms with E-state index < -0.39 is 5.91 Å². The predicted octanol–water partition coefficient (Wildman–Crippen LogP) is 2.56. The summed E-state index contributed by atoms with van der Waals surface area (Å²) in [6.45, 7) is 1.61. The van der Waals surface area contributed by atoms with Gasteiger partial charge >= 0.3 is 0 Å². The molecule has 0 atom stereocenters. The van der Waals surface area contributed by atoms with Crippen molar-refractivity contribution in [2.24, 2.45) is 5.73 Å². The number of hydrogen-bond donors (Lipinski definition) is 2. The fourth-order valence-electron chi connectivity index (χ4n) is 3.44. The zero-order valence-electron chi connectivity index (χ0n) is 15.6. The molecule has 4 rings (SSSR count). The zero-order valence-corrected chi connectivity index (χ0v) is 15.6. The van der Waals surface area contributed by atoms with Crippen LogP contribution in [0.2, 0.25) is 0 Å². The molecule has 2 heterocycles. The molecular formula is C20H22N6O2. The van der Waals surface area contributed by atoms with E-state index in [-0.39, 0.29) is 0 Å². The molecule has 0 fully saturated rings. The average Bonchev–Trinajstić information content (AvgIpc) is 3.24. The van der Waals surface area contributed by atoms with E-state index in [4.69, 9.17) is 16.2 Å². The van der Waals surface area contributed by atoms with Crippen LogP contribution in [-0.4, -0.2) is 32.1 Å². The van der Waals surface area contributed by atoms with Gasteiger partial charge in [0.25, 0.3) is 0 Å². The van der Waals surface area contributed by atoms with Gasteiger partial charge in [0.1, 0.15) is 5.75 Å². The highest BCUT2D eigenvalue weighted by Crippen LogP contribution is 2.22. The summed E-state index contributed by atoms with van der Waals surface area (Å²) >= 11 is 0. The van der Waals surface area contributed by atoms with Gasteiger partial charge in [-0.2, -0.15) is 0 Å². The number of unbranched alkanes of at least 4 members (excludes halogenated alkanes) is 1. The lowest BCUT2D eigenvalue weighted by Crippen LogP contribution is -2.10. The van der Waals surface area contributed by atoms with Gasteiger partial charge < -0.3 is 25.3 Å². The lowest BCUT2D eigenvalue weighted by Gasteiger charge is -2.08. The Bertz CT molecular complexity index is 1160. The number of ether oxygens (including phenoxy) is 1. The van der Waals surface area contributed by atoms with Gasteiger partial charge in [-0.05, 0) is 43.2 Å². The number of carbonyl (C=O) groups is 1. The van der Waals surface area contributed by atoms with E-state index in [1.54, 1.807) is 19.2 Å². The average molecular weight is 378 g/mol. The van der Waals surface area contributed by atoms with Gasteiger partial charge in [0, 0.05) is 24.7 Å². The second-order valence-electron chi connectivity index (χ2n) is 6.69. The molecule has 0 bridgehead atoms. The third kappa shape index (κ3) is 3.24. The number of rotatable bonds is 7. The second-order valence-corrected chi connectivity index (χ2v) is 6.69. The Labute approximate surface area is 161 Å². The molecular weight excluding hydrogens is 356 g/mol. The summed E-state index contributed by atoms with van der Waals surface area (Å²) in [5.74, 6) is 0.775. The molecule has 0 spiro atoms. The number of nitrogens with zero attached hydrogens (tertiary/aromatic N) is 4. The molecule has 0 saturated heterocycles. The number of aryl methyl sites for hydroxylation is 2. The number of benzene rings is 2. The van der Waals surface area contributed by atoms with Crippen molar-refractivity contribution < 1.29 is 9.53 Å². The zero-order chi connectivity index (χ0) is 19.7. The maximum Gasteiger partial charge on any atom is 0.248 e. The highest BCUT2D eigenvalue weighted by molar-refractivity contribution is 5.96. The van der Waals surface area contributed by atoms with Crippen molar-refractivity contribution in [2.45, 2.75) is 25.9 Å². The number of fused-ring (bicyclic) bond motifs is 2. The van der Waals surface area contributed by atoms with Gasteiger partial charge in [-0.25, -0.2) is 9.97 Å². The Kier molecular flexibility index (Phi) is 4.60. The normalized spacial score (nSPS) is 11.3. The van der Waals surface area contributed by atoms with Crippen LogP contribution >= 0.6 is 0 Å². The lowest BCUT2D eigenvalue weighted by atomic mass is 10.2. The Morgan fingerprint density at radius 2 is 1.86 bits per heavy atom. The molecule has 0 saturated carbocycles. The molecule has 0 unspecified atom stereocenters. The van der Waals surface area contributed by atoms with E-state index in [2.05, 4.69) is 14.5 Å². The maximum atomic E-state index is 11.3. The first-order valence-electron chi connectivity index (χ1n) is 9.11. The maximum absolute atomic E-state index is 11.3. The van der Waals surface area contributed by atoms with Crippen LogP contribution in [0.5, 0.6) is 5.75 Å². The minimum absolute atomic E-state index is 0.431. The van der Waals surface area contributed by atoms with Gasteiger partial charge in [0.2, 0.25) is 11.9 Å². The van der Waals surface area contributed by atoms with E-state index in [9.17, 15) is 4.79 Å². The molecule has 4 aromatic rings. The summed E-state index contributed by atoms with van der Waals surface area (Å²) in [5.41, 5.74) is 15.4. The molecule has 144 valence electrons. The molecule has 0 aliphatic heterocycles. The Morgan fingerprint density at radius 3 is 2.64 bits per heavy atom. The summed E-state index contributed by atoms with van der Waals surface area (Å²) in [7, 11) is 1.65. The standard InChI is InChI=1S/C20H22N6O2/c1-28-14-5-7-17-15(11-14)23-12-25(17)8-2-3-9-26-18-6-4-13(19(21)27)10-16(18)24-20(26)22/h4-7,10-12H,2-3,8-9H2,1H3,(H2,21,27)(H2,22,24). The van der Waals surface area contributed by atoms with Gasteiger partial charge in [0.15, 0.2) is 0 Å². The molecule has 2 aromatic carbocycles. The number of aromatic nitrogens is 4. The van der Waals surface area contributed by atoms with Gasteiger partial charge in [-0.3, -0.25) is 4.79 Å². The van der Waals surface area contributed by atoms with Crippen LogP contribution in [0, 0.1) is 0 Å².